The summed E-state index contributed by atoms with van der Waals surface area (Å²) in [6, 6.07) is 5.96. The van der Waals surface area contributed by atoms with Crippen LogP contribution in [-0.2, 0) is 0 Å². The van der Waals surface area contributed by atoms with E-state index in [1.165, 1.54) is 6.42 Å². The number of likely N-dealkylation sites (tertiary alicyclic amines) is 1. The largest absolute Gasteiger partial charge is 0.490 e. The third-order valence-electron chi connectivity index (χ3n) is 5.64. The Bertz CT molecular complexity index is 633. The summed E-state index contributed by atoms with van der Waals surface area (Å²) in [5.41, 5.74) is 0.587. The molecule has 1 aliphatic carbocycles. The molecule has 1 amide bonds. The number of hydrogen-bond donors (Lipinski definition) is 1. The van der Waals surface area contributed by atoms with Gasteiger partial charge in [0.15, 0.2) is 0 Å². The average molecular weight is 400 g/mol. The zero-order chi connectivity index (χ0) is 17.2. The third-order valence-corrected chi connectivity index (χ3v) is 5.96. The molecule has 0 radical (unpaired) electrons. The first-order valence-electron chi connectivity index (χ1n) is 9.41. The molecule has 3 aliphatic rings. The minimum Gasteiger partial charge on any atom is -0.490 e. The lowest BCUT2D eigenvalue weighted by Crippen LogP contribution is -2.49. The molecule has 1 saturated carbocycles. The second-order valence-corrected chi connectivity index (χ2v) is 7.70. The molecule has 1 aromatic rings. The molecule has 0 aromatic heterocycles. The van der Waals surface area contributed by atoms with Crippen LogP contribution >= 0.6 is 24.0 Å². The summed E-state index contributed by atoms with van der Waals surface area (Å²) in [4.78, 5) is 17.3. The summed E-state index contributed by atoms with van der Waals surface area (Å²) in [5.74, 6) is 0.809. The molecule has 1 N–H and O–H groups in total. The fraction of sp³-hybridized carbons (Fsp3) is 0.632. The standard InChI is InChI=1S/C19H26ClN3O2.ClH/c20-18-12-16(25-15-2-1-3-15)4-5-17(18)19(24)23-9-6-14(13-23)22-10-7-21-8-11-22;/h4-5,12,14-15,21H,1-3,6-11,13H2;1H. The van der Waals surface area contributed by atoms with E-state index >= 15 is 0 Å². The maximum absolute atomic E-state index is 12.9. The molecule has 0 bridgehead atoms. The minimum absolute atomic E-state index is 0. The maximum atomic E-state index is 12.9. The van der Waals surface area contributed by atoms with Crippen LogP contribution in [0.4, 0.5) is 0 Å². The summed E-state index contributed by atoms with van der Waals surface area (Å²) in [7, 11) is 0. The number of halogens is 2. The summed E-state index contributed by atoms with van der Waals surface area (Å²) in [5, 5.41) is 3.87. The smallest absolute Gasteiger partial charge is 0.255 e. The predicted octanol–water partition coefficient (Wildman–Crippen LogP) is 2.81. The van der Waals surface area contributed by atoms with Gasteiger partial charge in [0.2, 0.25) is 0 Å². The number of amides is 1. The van der Waals surface area contributed by atoms with Crippen LogP contribution in [0.25, 0.3) is 0 Å². The molecule has 144 valence electrons. The van der Waals surface area contributed by atoms with Gasteiger partial charge in [0.25, 0.3) is 5.91 Å². The van der Waals surface area contributed by atoms with Gasteiger partial charge in [-0.2, -0.15) is 0 Å². The highest BCUT2D eigenvalue weighted by atomic mass is 35.5. The van der Waals surface area contributed by atoms with Gasteiger partial charge < -0.3 is 15.0 Å². The molecule has 2 aliphatic heterocycles. The lowest BCUT2D eigenvalue weighted by Gasteiger charge is -2.32. The highest BCUT2D eigenvalue weighted by Crippen LogP contribution is 2.29. The van der Waals surface area contributed by atoms with Crippen molar-refractivity contribution in [1.29, 1.82) is 0 Å². The average Bonchev–Trinajstić information content (AvgIpc) is 3.09. The molecule has 2 heterocycles. The summed E-state index contributed by atoms with van der Waals surface area (Å²) >= 11 is 6.39. The lowest BCUT2D eigenvalue weighted by molar-refractivity contribution is 0.0773. The number of hydrogen-bond acceptors (Lipinski definition) is 4. The van der Waals surface area contributed by atoms with E-state index in [4.69, 9.17) is 16.3 Å². The first-order valence-corrected chi connectivity index (χ1v) is 9.79. The van der Waals surface area contributed by atoms with Crippen LogP contribution in [0.1, 0.15) is 36.0 Å². The van der Waals surface area contributed by atoms with Crippen molar-refractivity contribution in [2.24, 2.45) is 0 Å². The quantitative estimate of drug-likeness (QED) is 0.845. The molecule has 26 heavy (non-hydrogen) atoms. The van der Waals surface area contributed by atoms with E-state index in [9.17, 15) is 4.79 Å². The van der Waals surface area contributed by atoms with Gasteiger partial charge in [0.05, 0.1) is 16.7 Å². The van der Waals surface area contributed by atoms with Crippen molar-refractivity contribution >= 4 is 29.9 Å². The Morgan fingerprint density at radius 1 is 1.15 bits per heavy atom. The van der Waals surface area contributed by atoms with Gasteiger partial charge in [-0.25, -0.2) is 0 Å². The van der Waals surface area contributed by atoms with Crippen LogP contribution in [0.3, 0.4) is 0 Å². The van der Waals surface area contributed by atoms with Gasteiger partial charge in [-0.3, -0.25) is 9.69 Å². The second kappa shape index (κ2) is 8.79. The van der Waals surface area contributed by atoms with Crippen LogP contribution in [-0.4, -0.2) is 67.1 Å². The molecule has 7 heteroatoms. The van der Waals surface area contributed by atoms with Crippen molar-refractivity contribution in [3.05, 3.63) is 28.8 Å². The van der Waals surface area contributed by atoms with Gasteiger partial charge in [0.1, 0.15) is 5.75 Å². The number of nitrogens with one attached hydrogen (secondary N) is 1. The van der Waals surface area contributed by atoms with Gasteiger partial charge >= 0.3 is 0 Å². The van der Waals surface area contributed by atoms with Gasteiger partial charge in [-0.1, -0.05) is 11.6 Å². The highest BCUT2D eigenvalue weighted by Gasteiger charge is 2.32. The van der Waals surface area contributed by atoms with E-state index in [-0.39, 0.29) is 18.3 Å². The van der Waals surface area contributed by atoms with Crippen LogP contribution in [0.2, 0.25) is 5.02 Å². The van der Waals surface area contributed by atoms with Crippen molar-refractivity contribution in [3.63, 3.8) is 0 Å². The van der Waals surface area contributed by atoms with Crippen LogP contribution in [0, 0.1) is 0 Å². The normalized spacial score (nSPS) is 24.0. The van der Waals surface area contributed by atoms with Gasteiger partial charge in [-0.05, 0) is 43.9 Å². The van der Waals surface area contributed by atoms with E-state index in [1.54, 1.807) is 6.07 Å². The predicted molar refractivity (Wildman–Crippen MR) is 106 cm³/mol. The maximum Gasteiger partial charge on any atom is 0.255 e. The molecule has 5 nitrogen and oxygen atoms in total. The van der Waals surface area contributed by atoms with Crippen LogP contribution in [0.15, 0.2) is 18.2 Å². The Kier molecular flexibility index (Phi) is 6.67. The van der Waals surface area contributed by atoms with E-state index in [0.29, 0.717) is 22.7 Å². The molecule has 1 unspecified atom stereocenters. The van der Waals surface area contributed by atoms with E-state index in [0.717, 1.165) is 64.3 Å². The van der Waals surface area contributed by atoms with E-state index < -0.39 is 0 Å². The number of benzene rings is 1. The zero-order valence-electron chi connectivity index (χ0n) is 15.0. The third kappa shape index (κ3) is 4.28. The molecule has 2 saturated heterocycles. The Hall–Kier alpha value is -1.01. The number of carbonyl (C=O) groups excluding carboxylic acids is 1. The fourth-order valence-corrected chi connectivity index (χ4v) is 4.12. The molecule has 4 rings (SSSR count). The first kappa shape index (κ1) is 19.7. The van der Waals surface area contributed by atoms with Crippen LogP contribution in [0.5, 0.6) is 5.75 Å². The van der Waals surface area contributed by atoms with Crippen LogP contribution < -0.4 is 10.1 Å². The van der Waals surface area contributed by atoms with Gasteiger partial charge in [-0.15, -0.1) is 12.4 Å². The summed E-state index contributed by atoms with van der Waals surface area (Å²) < 4.78 is 5.87. The molecular formula is C19H27Cl2N3O2. The lowest BCUT2D eigenvalue weighted by atomic mass is 9.96. The Balaban J connectivity index is 0.00000196. The first-order chi connectivity index (χ1) is 12.2. The molecular weight excluding hydrogens is 373 g/mol. The SMILES string of the molecule is Cl.O=C(c1ccc(OC2CCC2)cc1Cl)N1CCC(N2CCNCC2)C1. The topological polar surface area (TPSA) is 44.8 Å². The monoisotopic (exact) mass is 399 g/mol. The van der Waals surface area contributed by atoms with E-state index in [1.807, 2.05) is 17.0 Å². The summed E-state index contributed by atoms with van der Waals surface area (Å²) in [6.07, 6.45) is 4.82. The number of nitrogens with zero attached hydrogens (tertiary/aromatic N) is 2. The highest BCUT2D eigenvalue weighted by molar-refractivity contribution is 6.34. The molecule has 1 atom stereocenters. The van der Waals surface area contributed by atoms with Gasteiger partial charge in [0, 0.05) is 45.3 Å². The molecule has 0 spiro atoms. The van der Waals surface area contributed by atoms with Crippen molar-refractivity contribution in [2.75, 3.05) is 39.3 Å². The number of carbonyl (C=O) groups is 1. The van der Waals surface area contributed by atoms with E-state index in [2.05, 4.69) is 10.2 Å². The van der Waals surface area contributed by atoms with Crippen molar-refractivity contribution in [2.45, 2.75) is 37.8 Å². The number of piperazine rings is 1. The Morgan fingerprint density at radius 2 is 1.92 bits per heavy atom. The minimum atomic E-state index is 0. The fourth-order valence-electron chi connectivity index (χ4n) is 3.87. The molecule has 1 aromatic carbocycles. The Morgan fingerprint density at radius 3 is 2.58 bits per heavy atom. The zero-order valence-corrected chi connectivity index (χ0v) is 16.5. The van der Waals surface area contributed by atoms with Crippen molar-refractivity contribution < 1.29 is 9.53 Å². The Labute approximate surface area is 166 Å². The van der Waals surface area contributed by atoms with Crippen molar-refractivity contribution in [1.82, 2.24) is 15.1 Å². The summed E-state index contributed by atoms with van der Waals surface area (Å²) in [6.45, 7) is 5.83. The number of rotatable bonds is 4. The van der Waals surface area contributed by atoms with Crippen molar-refractivity contribution in [3.8, 4) is 5.75 Å². The number of ether oxygens (including phenoxy) is 1. The second-order valence-electron chi connectivity index (χ2n) is 7.29. The molecule has 3 fully saturated rings.